The van der Waals surface area contributed by atoms with Crippen molar-refractivity contribution in [3.05, 3.63) is 24.1 Å². The minimum absolute atomic E-state index is 0.158. The highest BCUT2D eigenvalue weighted by atomic mass is 16.4. The number of aromatic nitrogens is 1. The van der Waals surface area contributed by atoms with Crippen molar-refractivity contribution >= 4 is 11.1 Å². The first-order valence-electron chi connectivity index (χ1n) is 3.31. The summed E-state index contributed by atoms with van der Waals surface area (Å²) in [7, 11) is 0. The Morgan fingerprint density at radius 3 is 3.09 bits per heavy atom. The van der Waals surface area contributed by atoms with E-state index in [0.717, 1.165) is 5.56 Å². The van der Waals surface area contributed by atoms with Gasteiger partial charge in [-0.3, -0.25) is 0 Å². The minimum Gasteiger partial charge on any atom is -0.504 e. The Kier molecular flexibility index (Phi) is 1.12. The van der Waals surface area contributed by atoms with E-state index in [1.54, 1.807) is 6.20 Å². The van der Waals surface area contributed by atoms with Gasteiger partial charge in [0.25, 0.3) is 0 Å². The molecule has 2 aromatic heterocycles. The minimum atomic E-state index is 0.158. The van der Waals surface area contributed by atoms with Gasteiger partial charge in [0.1, 0.15) is 6.26 Å². The molecular weight excluding hydrogens is 142 g/mol. The fourth-order valence-corrected chi connectivity index (χ4v) is 1.10. The van der Waals surface area contributed by atoms with Crippen LogP contribution in [0.25, 0.3) is 11.1 Å². The van der Waals surface area contributed by atoms with Crippen LogP contribution in [-0.4, -0.2) is 10.1 Å². The highest BCUT2D eigenvalue weighted by Crippen LogP contribution is 2.27. The van der Waals surface area contributed by atoms with Gasteiger partial charge in [0.05, 0.1) is 5.39 Å². The van der Waals surface area contributed by atoms with Gasteiger partial charge in [-0.05, 0) is 18.6 Å². The standard InChI is InChI=1S/C8H7NO2/c1-5-2-3-9-8-7(5)6(10)4-11-8/h2-4,10H,1H3. The summed E-state index contributed by atoms with van der Waals surface area (Å²) >= 11 is 0. The molecule has 0 aliphatic carbocycles. The molecule has 11 heavy (non-hydrogen) atoms. The summed E-state index contributed by atoms with van der Waals surface area (Å²) in [6.07, 6.45) is 2.95. The molecule has 0 aliphatic rings. The molecule has 3 nitrogen and oxygen atoms in total. The van der Waals surface area contributed by atoms with Gasteiger partial charge >= 0.3 is 0 Å². The second kappa shape index (κ2) is 1.99. The topological polar surface area (TPSA) is 46.3 Å². The number of hydrogen-bond acceptors (Lipinski definition) is 3. The molecule has 0 atom stereocenters. The third-order valence-electron chi connectivity index (χ3n) is 1.66. The van der Waals surface area contributed by atoms with E-state index in [-0.39, 0.29) is 5.75 Å². The van der Waals surface area contributed by atoms with Crippen LogP contribution >= 0.6 is 0 Å². The van der Waals surface area contributed by atoms with Crippen LogP contribution in [0.3, 0.4) is 0 Å². The second-order valence-corrected chi connectivity index (χ2v) is 2.43. The van der Waals surface area contributed by atoms with Gasteiger partial charge in [-0.25, -0.2) is 4.98 Å². The maximum Gasteiger partial charge on any atom is 0.230 e. The molecule has 0 aliphatic heterocycles. The van der Waals surface area contributed by atoms with E-state index < -0.39 is 0 Å². The first kappa shape index (κ1) is 6.22. The predicted molar refractivity (Wildman–Crippen MR) is 40.4 cm³/mol. The van der Waals surface area contributed by atoms with E-state index in [9.17, 15) is 5.11 Å². The van der Waals surface area contributed by atoms with Crippen LogP contribution in [0.4, 0.5) is 0 Å². The average molecular weight is 149 g/mol. The van der Waals surface area contributed by atoms with Gasteiger partial charge in [-0.2, -0.15) is 0 Å². The summed E-state index contributed by atoms with van der Waals surface area (Å²) in [5, 5.41) is 9.96. The van der Waals surface area contributed by atoms with Gasteiger partial charge < -0.3 is 9.52 Å². The zero-order chi connectivity index (χ0) is 7.84. The number of hydrogen-bond donors (Lipinski definition) is 1. The largest absolute Gasteiger partial charge is 0.504 e. The molecule has 0 bridgehead atoms. The van der Waals surface area contributed by atoms with Crippen molar-refractivity contribution in [3.63, 3.8) is 0 Å². The molecule has 0 amide bonds. The van der Waals surface area contributed by atoms with E-state index in [1.165, 1.54) is 6.26 Å². The van der Waals surface area contributed by atoms with E-state index in [1.807, 2.05) is 13.0 Å². The molecule has 1 N–H and O–H groups in total. The molecule has 2 heterocycles. The van der Waals surface area contributed by atoms with Crippen LogP contribution in [0.1, 0.15) is 5.56 Å². The summed E-state index contributed by atoms with van der Waals surface area (Å²) in [6.45, 7) is 1.90. The summed E-state index contributed by atoms with van der Waals surface area (Å²) in [6, 6.07) is 1.83. The lowest BCUT2D eigenvalue weighted by molar-refractivity contribution is 0.464. The number of rotatable bonds is 0. The van der Waals surface area contributed by atoms with Gasteiger partial charge in [0, 0.05) is 6.20 Å². The van der Waals surface area contributed by atoms with Gasteiger partial charge in [-0.1, -0.05) is 0 Å². The Morgan fingerprint density at radius 1 is 1.55 bits per heavy atom. The molecule has 56 valence electrons. The zero-order valence-electron chi connectivity index (χ0n) is 6.03. The maximum absolute atomic E-state index is 9.26. The predicted octanol–water partition coefficient (Wildman–Crippen LogP) is 1.84. The fourth-order valence-electron chi connectivity index (χ4n) is 1.10. The summed E-state index contributed by atoms with van der Waals surface area (Å²) < 4.78 is 4.97. The Bertz CT molecular complexity index is 392. The van der Waals surface area contributed by atoms with Gasteiger partial charge in [-0.15, -0.1) is 0 Å². The van der Waals surface area contributed by atoms with Crippen molar-refractivity contribution in [2.45, 2.75) is 6.92 Å². The summed E-state index contributed by atoms with van der Waals surface area (Å²) in [5.41, 5.74) is 1.46. The molecule has 0 spiro atoms. The van der Waals surface area contributed by atoms with Crippen molar-refractivity contribution in [3.8, 4) is 5.75 Å². The Morgan fingerprint density at radius 2 is 2.36 bits per heavy atom. The zero-order valence-corrected chi connectivity index (χ0v) is 6.03. The van der Waals surface area contributed by atoms with Crippen LogP contribution < -0.4 is 0 Å². The lowest BCUT2D eigenvalue weighted by atomic mass is 10.2. The van der Waals surface area contributed by atoms with E-state index in [2.05, 4.69) is 4.98 Å². The molecule has 0 saturated carbocycles. The van der Waals surface area contributed by atoms with Crippen molar-refractivity contribution < 1.29 is 9.52 Å². The van der Waals surface area contributed by atoms with Crippen LogP contribution in [0.5, 0.6) is 5.75 Å². The van der Waals surface area contributed by atoms with Crippen molar-refractivity contribution in [2.24, 2.45) is 0 Å². The lowest BCUT2D eigenvalue weighted by Gasteiger charge is -1.91. The second-order valence-electron chi connectivity index (χ2n) is 2.43. The van der Waals surface area contributed by atoms with Crippen LogP contribution in [0.2, 0.25) is 0 Å². The van der Waals surface area contributed by atoms with Crippen LogP contribution in [-0.2, 0) is 0 Å². The molecule has 0 saturated heterocycles. The third-order valence-corrected chi connectivity index (χ3v) is 1.66. The molecule has 0 fully saturated rings. The maximum atomic E-state index is 9.26. The van der Waals surface area contributed by atoms with E-state index in [4.69, 9.17) is 4.42 Å². The summed E-state index contributed by atoms with van der Waals surface area (Å²) in [4.78, 5) is 3.94. The van der Waals surface area contributed by atoms with Crippen LogP contribution in [0, 0.1) is 6.92 Å². The summed E-state index contributed by atoms with van der Waals surface area (Å²) in [5.74, 6) is 0.158. The highest BCUT2D eigenvalue weighted by molar-refractivity contribution is 5.83. The van der Waals surface area contributed by atoms with E-state index in [0.29, 0.717) is 11.1 Å². The number of nitrogens with zero attached hydrogens (tertiary/aromatic N) is 1. The fraction of sp³-hybridized carbons (Fsp3) is 0.125. The molecular formula is C8H7NO2. The Balaban J connectivity index is 2.96. The van der Waals surface area contributed by atoms with Crippen molar-refractivity contribution in [1.82, 2.24) is 4.98 Å². The quantitative estimate of drug-likeness (QED) is 0.621. The molecule has 0 radical (unpaired) electrons. The molecule has 2 aromatic rings. The smallest absolute Gasteiger partial charge is 0.230 e. The number of pyridine rings is 1. The Hall–Kier alpha value is -1.51. The van der Waals surface area contributed by atoms with Gasteiger partial charge in [0.2, 0.25) is 5.71 Å². The number of fused-ring (bicyclic) bond motifs is 1. The lowest BCUT2D eigenvalue weighted by Crippen LogP contribution is -1.76. The van der Waals surface area contributed by atoms with E-state index >= 15 is 0 Å². The average Bonchev–Trinajstić information content (AvgIpc) is 2.34. The van der Waals surface area contributed by atoms with Crippen molar-refractivity contribution in [2.75, 3.05) is 0 Å². The Labute approximate surface area is 63.3 Å². The number of furan rings is 1. The monoisotopic (exact) mass is 149 g/mol. The molecule has 0 aromatic carbocycles. The third kappa shape index (κ3) is 0.774. The van der Waals surface area contributed by atoms with Gasteiger partial charge in [0.15, 0.2) is 5.75 Å². The first-order chi connectivity index (χ1) is 5.29. The first-order valence-corrected chi connectivity index (χ1v) is 3.31. The molecule has 0 unspecified atom stereocenters. The number of aromatic hydroxyl groups is 1. The molecule has 3 heteroatoms. The highest BCUT2D eigenvalue weighted by Gasteiger charge is 2.06. The molecule has 2 rings (SSSR count). The van der Waals surface area contributed by atoms with Crippen molar-refractivity contribution in [1.29, 1.82) is 0 Å². The SMILES string of the molecule is Cc1ccnc2occ(O)c12. The number of aryl methyl sites for hydroxylation is 1. The normalized spacial score (nSPS) is 10.6. The van der Waals surface area contributed by atoms with Crippen LogP contribution in [0.15, 0.2) is 22.9 Å².